The highest BCUT2D eigenvalue weighted by atomic mass is 19.3. The second kappa shape index (κ2) is 10.3. The molecule has 0 atom stereocenters. The van der Waals surface area contributed by atoms with E-state index in [9.17, 15) is 13.6 Å². The molecule has 0 spiro atoms. The molecule has 0 aliphatic carbocycles. The van der Waals surface area contributed by atoms with Crippen molar-refractivity contribution in [3.05, 3.63) is 70.3 Å². The van der Waals surface area contributed by atoms with Crippen LogP contribution in [0.1, 0.15) is 27.8 Å². The van der Waals surface area contributed by atoms with Gasteiger partial charge in [0.2, 0.25) is 0 Å². The van der Waals surface area contributed by atoms with E-state index in [-0.39, 0.29) is 17.9 Å². The van der Waals surface area contributed by atoms with Gasteiger partial charge in [-0.05, 0) is 25.5 Å². The van der Waals surface area contributed by atoms with Crippen LogP contribution in [0, 0.1) is 13.8 Å². The summed E-state index contributed by atoms with van der Waals surface area (Å²) in [5, 5.41) is 9.96. The van der Waals surface area contributed by atoms with Crippen LogP contribution < -0.4 is 5.32 Å². The summed E-state index contributed by atoms with van der Waals surface area (Å²) in [4.78, 5) is 22.2. The molecule has 0 aliphatic heterocycles. The molecule has 0 heterocycles. The minimum absolute atomic E-state index is 0.0500. The predicted molar refractivity (Wildman–Crippen MR) is 107 cm³/mol. The van der Waals surface area contributed by atoms with Crippen LogP contribution in [0.15, 0.2) is 52.8 Å². The van der Waals surface area contributed by atoms with E-state index in [2.05, 4.69) is 15.6 Å². The van der Waals surface area contributed by atoms with Gasteiger partial charge < -0.3 is 15.0 Å². The number of alkyl halides is 2. The van der Waals surface area contributed by atoms with Crippen LogP contribution in [-0.4, -0.2) is 37.9 Å². The number of hydrogen-bond donors (Lipinski definition) is 1. The van der Waals surface area contributed by atoms with E-state index in [0.717, 1.165) is 11.1 Å². The zero-order chi connectivity index (χ0) is 21.4. The van der Waals surface area contributed by atoms with Gasteiger partial charge in [0, 0.05) is 23.7 Å². The van der Waals surface area contributed by atoms with Gasteiger partial charge in [0.05, 0.1) is 0 Å². The Balaban J connectivity index is 2.35. The Labute approximate surface area is 168 Å². The molecule has 2 aromatic rings. The summed E-state index contributed by atoms with van der Waals surface area (Å²) < 4.78 is 27.0. The third-order valence-corrected chi connectivity index (χ3v) is 4.18. The van der Waals surface area contributed by atoms with E-state index in [1.807, 2.05) is 26.0 Å². The number of carbonyl (C=O) groups is 1. The topological polar surface area (TPSA) is 72.3 Å². The second-order valence-corrected chi connectivity index (χ2v) is 6.22. The van der Waals surface area contributed by atoms with Gasteiger partial charge in [-0.3, -0.25) is 4.79 Å². The Morgan fingerprint density at radius 2 is 1.86 bits per heavy atom. The SMILES string of the molecule is CNC(=O)/C(=N/OC)c1cccc(C)c1CO/N=C(/c1cccc(C)c1)C(F)F. The summed E-state index contributed by atoms with van der Waals surface area (Å²) in [7, 11) is 2.80. The quantitative estimate of drug-likeness (QED) is 0.541. The molecular formula is C21H23F2N3O3. The molecule has 6 nitrogen and oxygen atoms in total. The minimum atomic E-state index is -2.80. The first-order valence-electron chi connectivity index (χ1n) is 8.86. The summed E-state index contributed by atoms with van der Waals surface area (Å²) in [5.41, 5.74) is 2.57. The molecule has 154 valence electrons. The van der Waals surface area contributed by atoms with Gasteiger partial charge in [-0.25, -0.2) is 8.78 Å². The van der Waals surface area contributed by atoms with Crippen molar-refractivity contribution >= 4 is 17.3 Å². The lowest BCUT2D eigenvalue weighted by molar-refractivity contribution is -0.114. The second-order valence-electron chi connectivity index (χ2n) is 6.22. The molecule has 0 unspecified atom stereocenters. The summed E-state index contributed by atoms with van der Waals surface area (Å²) in [6.07, 6.45) is -2.80. The first-order valence-corrected chi connectivity index (χ1v) is 8.86. The van der Waals surface area contributed by atoms with Crippen molar-refractivity contribution in [1.82, 2.24) is 5.32 Å². The van der Waals surface area contributed by atoms with Gasteiger partial charge in [-0.1, -0.05) is 52.3 Å². The fourth-order valence-electron chi connectivity index (χ4n) is 2.73. The predicted octanol–water partition coefficient (Wildman–Crippen LogP) is 3.59. The maximum absolute atomic E-state index is 13.5. The van der Waals surface area contributed by atoms with Crippen molar-refractivity contribution in [2.45, 2.75) is 26.9 Å². The van der Waals surface area contributed by atoms with Gasteiger partial charge in [-0.15, -0.1) is 0 Å². The van der Waals surface area contributed by atoms with Gasteiger partial charge in [0.15, 0.2) is 11.4 Å². The van der Waals surface area contributed by atoms with Crippen LogP contribution in [0.3, 0.4) is 0 Å². The lowest BCUT2D eigenvalue weighted by Crippen LogP contribution is -2.29. The van der Waals surface area contributed by atoms with Crippen molar-refractivity contribution in [2.75, 3.05) is 14.2 Å². The number of halogens is 2. The molecule has 1 amide bonds. The number of nitrogens with zero attached hydrogens (tertiary/aromatic N) is 2. The highest BCUT2D eigenvalue weighted by Gasteiger charge is 2.20. The largest absolute Gasteiger partial charge is 0.398 e. The maximum atomic E-state index is 13.5. The fourth-order valence-corrected chi connectivity index (χ4v) is 2.73. The van der Waals surface area contributed by atoms with E-state index < -0.39 is 18.0 Å². The van der Waals surface area contributed by atoms with Crippen molar-refractivity contribution < 1.29 is 23.3 Å². The van der Waals surface area contributed by atoms with Crippen molar-refractivity contribution in [1.29, 1.82) is 0 Å². The average Bonchev–Trinajstić information content (AvgIpc) is 2.69. The van der Waals surface area contributed by atoms with Crippen LogP contribution >= 0.6 is 0 Å². The molecule has 0 aromatic heterocycles. The van der Waals surface area contributed by atoms with Crippen molar-refractivity contribution in [2.24, 2.45) is 10.3 Å². The Bertz CT molecular complexity index is 927. The zero-order valence-corrected chi connectivity index (χ0v) is 16.7. The Morgan fingerprint density at radius 3 is 2.48 bits per heavy atom. The van der Waals surface area contributed by atoms with Crippen LogP contribution in [0.5, 0.6) is 0 Å². The normalized spacial score (nSPS) is 12.1. The number of hydrogen-bond acceptors (Lipinski definition) is 5. The average molecular weight is 403 g/mol. The zero-order valence-electron chi connectivity index (χ0n) is 16.7. The Morgan fingerprint density at radius 1 is 1.14 bits per heavy atom. The maximum Gasteiger partial charge on any atom is 0.284 e. The van der Waals surface area contributed by atoms with Crippen molar-refractivity contribution in [3.8, 4) is 0 Å². The monoisotopic (exact) mass is 403 g/mol. The van der Waals surface area contributed by atoms with E-state index in [1.54, 1.807) is 30.3 Å². The molecule has 0 aliphatic rings. The van der Waals surface area contributed by atoms with E-state index in [0.29, 0.717) is 11.1 Å². The number of rotatable bonds is 8. The molecule has 8 heteroatoms. The first-order chi connectivity index (χ1) is 13.9. The van der Waals surface area contributed by atoms with Gasteiger partial charge >= 0.3 is 0 Å². The molecule has 2 aromatic carbocycles. The number of oxime groups is 2. The van der Waals surface area contributed by atoms with Crippen molar-refractivity contribution in [3.63, 3.8) is 0 Å². The summed E-state index contributed by atoms with van der Waals surface area (Å²) in [6, 6.07) is 11.9. The number of nitrogens with one attached hydrogen (secondary N) is 1. The van der Waals surface area contributed by atoms with E-state index >= 15 is 0 Å². The number of carbonyl (C=O) groups excluding carboxylic acids is 1. The standard InChI is InChI=1S/C21H23F2N3O3/c1-13-7-5-9-15(11-13)18(20(22)23)26-29-12-17-14(2)8-6-10-16(17)19(25-28-4)21(27)24-3/h5-11,20H,12H2,1-4H3,(H,24,27)/b25-19+,26-18-. The van der Waals surface area contributed by atoms with E-state index in [4.69, 9.17) is 9.68 Å². The Hall–Kier alpha value is -3.29. The lowest BCUT2D eigenvalue weighted by atomic mass is 9.98. The van der Waals surface area contributed by atoms with Crippen LogP contribution in [0.25, 0.3) is 0 Å². The molecular weight excluding hydrogens is 380 g/mol. The number of likely N-dealkylation sites (N-methyl/N-ethyl adjacent to an activating group) is 1. The molecule has 0 fully saturated rings. The fraction of sp³-hybridized carbons (Fsp3) is 0.286. The highest BCUT2D eigenvalue weighted by Crippen LogP contribution is 2.18. The lowest BCUT2D eigenvalue weighted by Gasteiger charge is -2.13. The summed E-state index contributed by atoms with van der Waals surface area (Å²) >= 11 is 0. The smallest absolute Gasteiger partial charge is 0.284 e. The van der Waals surface area contributed by atoms with E-state index in [1.165, 1.54) is 14.2 Å². The minimum Gasteiger partial charge on any atom is -0.398 e. The molecule has 0 saturated carbocycles. The first kappa shape index (κ1) is 22.0. The molecule has 0 radical (unpaired) electrons. The van der Waals surface area contributed by atoms with Crippen LogP contribution in [-0.2, 0) is 21.1 Å². The summed E-state index contributed by atoms with van der Waals surface area (Å²) in [5.74, 6) is -0.449. The Kier molecular flexibility index (Phi) is 7.82. The van der Waals surface area contributed by atoms with Gasteiger partial charge in [0.1, 0.15) is 13.7 Å². The number of benzene rings is 2. The molecule has 0 saturated heterocycles. The van der Waals surface area contributed by atoms with Crippen LogP contribution in [0.2, 0.25) is 0 Å². The third-order valence-electron chi connectivity index (χ3n) is 4.18. The van der Waals surface area contributed by atoms with Crippen LogP contribution in [0.4, 0.5) is 8.78 Å². The summed E-state index contributed by atoms with van der Waals surface area (Å²) in [6.45, 7) is 3.50. The molecule has 0 bridgehead atoms. The third kappa shape index (κ3) is 5.60. The number of amides is 1. The molecule has 29 heavy (non-hydrogen) atoms. The van der Waals surface area contributed by atoms with Gasteiger partial charge in [0.25, 0.3) is 12.3 Å². The molecule has 2 rings (SSSR count). The molecule has 1 N–H and O–H groups in total. The highest BCUT2D eigenvalue weighted by molar-refractivity contribution is 6.45. The van der Waals surface area contributed by atoms with Gasteiger partial charge in [-0.2, -0.15) is 0 Å². The number of aryl methyl sites for hydroxylation is 2.